The van der Waals surface area contributed by atoms with Gasteiger partial charge in [0.1, 0.15) is 5.82 Å². The molecule has 0 aromatic carbocycles. The zero-order valence-electron chi connectivity index (χ0n) is 9.04. The summed E-state index contributed by atoms with van der Waals surface area (Å²) in [5.74, 6) is 1.18. The molecule has 7 heteroatoms. The van der Waals surface area contributed by atoms with Gasteiger partial charge >= 0.3 is 0 Å². The molecule has 16 heavy (non-hydrogen) atoms. The Balaban J connectivity index is 2.03. The Morgan fingerprint density at radius 1 is 1.56 bits per heavy atom. The Morgan fingerprint density at radius 2 is 2.31 bits per heavy atom. The van der Waals surface area contributed by atoms with Crippen LogP contribution in [0.4, 0.5) is 5.13 Å². The lowest BCUT2D eigenvalue weighted by atomic mass is 10.2. The number of rotatable bonds is 3. The lowest BCUT2D eigenvalue weighted by Gasteiger charge is -2.06. The molecule has 5 nitrogen and oxygen atoms in total. The molecule has 88 valence electrons. The summed E-state index contributed by atoms with van der Waals surface area (Å²) >= 11 is 1.26. The molecule has 0 amide bonds. The summed E-state index contributed by atoms with van der Waals surface area (Å²) in [5.41, 5.74) is 0. The van der Waals surface area contributed by atoms with Crippen LogP contribution >= 0.6 is 11.5 Å². The smallest absolute Gasteiger partial charge is 0.203 e. The Hall–Kier alpha value is -0.950. The maximum Gasteiger partial charge on any atom is 0.203 e. The third kappa shape index (κ3) is 2.59. The Kier molecular flexibility index (Phi) is 2.98. The summed E-state index contributed by atoms with van der Waals surface area (Å²) in [6.07, 6.45) is 1.64. The molecule has 1 atom stereocenters. The predicted octanol–water partition coefficient (Wildman–Crippen LogP) is 1.38. The van der Waals surface area contributed by atoms with Crippen molar-refractivity contribution in [2.75, 3.05) is 11.1 Å². The summed E-state index contributed by atoms with van der Waals surface area (Å²) < 4.78 is 26.6. The van der Waals surface area contributed by atoms with Crippen LogP contribution in [-0.4, -0.2) is 29.6 Å². The Bertz CT molecular complexity index is 505. The van der Waals surface area contributed by atoms with Crippen LogP contribution in [0.1, 0.15) is 25.6 Å². The van der Waals surface area contributed by atoms with Gasteiger partial charge in [0.05, 0.1) is 11.8 Å². The zero-order valence-corrected chi connectivity index (χ0v) is 10.7. The number of aromatic nitrogens is 2. The van der Waals surface area contributed by atoms with Gasteiger partial charge in [-0.3, -0.25) is 0 Å². The van der Waals surface area contributed by atoms with E-state index in [1.54, 1.807) is 6.08 Å². The minimum atomic E-state index is -3.01. The molecule has 0 spiro atoms. The van der Waals surface area contributed by atoms with Crippen LogP contribution < -0.4 is 5.32 Å². The van der Waals surface area contributed by atoms with Crippen molar-refractivity contribution in [3.05, 3.63) is 17.3 Å². The van der Waals surface area contributed by atoms with Crippen LogP contribution in [0.2, 0.25) is 0 Å². The minimum absolute atomic E-state index is 0.101. The van der Waals surface area contributed by atoms with Crippen LogP contribution in [0, 0.1) is 0 Å². The summed E-state index contributed by atoms with van der Waals surface area (Å²) in [4.78, 5) is 4.29. The van der Waals surface area contributed by atoms with E-state index in [1.807, 2.05) is 13.8 Å². The minimum Gasteiger partial charge on any atom is -0.353 e. The van der Waals surface area contributed by atoms with Gasteiger partial charge in [-0.25, -0.2) is 13.4 Å². The van der Waals surface area contributed by atoms with Gasteiger partial charge in [0.15, 0.2) is 9.84 Å². The second-order valence-electron chi connectivity index (χ2n) is 4.02. The molecule has 0 saturated heterocycles. The van der Waals surface area contributed by atoms with E-state index < -0.39 is 9.84 Å². The highest BCUT2D eigenvalue weighted by molar-refractivity contribution is 7.94. The molecule has 2 heterocycles. The van der Waals surface area contributed by atoms with Crippen LogP contribution in [-0.2, 0) is 9.84 Å². The lowest BCUT2D eigenvalue weighted by molar-refractivity contribution is 0.605. The maximum absolute atomic E-state index is 11.2. The number of anilines is 1. The lowest BCUT2D eigenvalue weighted by Crippen LogP contribution is -2.20. The Labute approximate surface area is 98.7 Å². The molecular weight excluding hydrogens is 246 g/mol. The number of nitrogens with zero attached hydrogens (tertiary/aromatic N) is 2. The third-order valence-electron chi connectivity index (χ3n) is 2.20. The molecule has 1 aromatic rings. The molecule has 0 radical (unpaired) electrons. The standard InChI is InChI=1S/C9H13N3O2S2/c1-6(2)8-11-9(15-12-8)10-7-3-4-16(13,14)5-7/h3-4,6-7H,5H2,1-2H3,(H,10,11,12). The van der Waals surface area contributed by atoms with E-state index >= 15 is 0 Å². The van der Waals surface area contributed by atoms with E-state index in [1.165, 1.54) is 16.9 Å². The van der Waals surface area contributed by atoms with Crippen molar-refractivity contribution in [2.45, 2.75) is 25.8 Å². The average molecular weight is 259 g/mol. The number of nitrogens with one attached hydrogen (secondary N) is 1. The molecular formula is C9H13N3O2S2. The largest absolute Gasteiger partial charge is 0.353 e. The average Bonchev–Trinajstić information content (AvgIpc) is 2.73. The second-order valence-corrected chi connectivity index (χ2v) is 6.70. The van der Waals surface area contributed by atoms with Crippen LogP contribution in [0.3, 0.4) is 0 Å². The van der Waals surface area contributed by atoms with E-state index in [0.717, 1.165) is 5.82 Å². The van der Waals surface area contributed by atoms with E-state index in [-0.39, 0.29) is 17.7 Å². The molecule has 0 fully saturated rings. The molecule has 0 aliphatic carbocycles. The number of hydrogen-bond acceptors (Lipinski definition) is 6. The molecule has 0 saturated carbocycles. The van der Waals surface area contributed by atoms with Gasteiger partial charge in [-0.2, -0.15) is 4.37 Å². The monoisotopic (exact) mass is 259 g/mol. The number of sulfone groups is 1. The fraction of sp³-hybridized carbons (Fsp3) is 0.556. The van der Waals surface area contributed by atoms with Gasteiger partial charge in [-0.1, -0.05) is 13.8 Å². The van der Waals surface area contributed by atoms with E-state index in [4.69, 9.17) is 0 Å². The van der Waals surface area contributed by atoms with Gasteiger partial charge in [-0.15, -0.1) is 0 Å². The number of hydrogen-bond donors (Lipinski definition) is 1. The van der Waals surface area contributed by atoms with Gasteiger partial charge in [0, 0.05) is 22.9 Å². The molecule has 0 bridgehead atoms. The van der Waals surface area contributed by atoms with Crippen molar-refractivity contribution in [1.29, 1.82) is 0 Å². The van der Waals surface area contributed by atoms with E-state index in [0.29, 0.717) is 5.13 Å². The van der Waals surface area contributed by atoms with E-state index in [9.17, 15) is 8.42 Å². The fourth-order valence-corrected chi connectivity index (χ4v) is 3.36. The van der Waals surface area contributed by atoms with Crippen molar-refractivity contribution < 1.29 is 8.42 Å². The zero-order chi connectivity index (χ0) is 11.8. The maximum atomic E-state index is 11.2. The van der Waals surface area contributed by atoms with Gasteiger partial charge in [0.25, 0.3) is 0 Å². The highest BCUT2D eigenvalue weighted by Gasteiger charge is 2.22. The summed E-state index contributed by atoms with van der Waals surface area (Å²) in [6, 6.07) is -0.182. The van der Waals surface area contributed by atoms with Crippen molar-refractivity contribution in [1.82, 2.24) is 9.36 Å². The predicted molar refractivity (Wildman–Crippen MR) is 64.3 cm³/mol. The molecule has 2 rings (SSSR count). The van der Waals surface area contributed by atoms with Crippen molar-refractivity contribution >= 4 is 26.5 Å². The van der Waals surface area contributed by atoms with Crippen LogP contribution in [0.15, 0.2) is 11.5 Å². The summed E-state index contributed by atoms with van der Waals surface area (Å²) in [5, 5.41) is 4.97. The SMILES string of the molecule is CC(C)c1nsc(NC2C=CS(=O)(=O)C2)n1. The first-order valence-electron chi connectivity index (χ1n) is 4.97. The van der Waals surface area contributed by atoms with Gasteiger partial charge in [0.2, 0.25) is 5.13 Å². The quantitative estimate of drug-likeness (QED) is 0.888. The first-order chi connectivity index (χ1) is 7.46. The molecule has 1 unspecified atom stereocenters. The van der Waals surface area contributed by atoms with Crippen molar-refractivity contribution in [3.63, 3.8) is 0 Å². The summed E-state index contributed by atoms with van der Waals surface area (Å²) in [7, 11) is -3.01. The molecule has 1 N–H and O–H groups in total. The highest BCUT2D eigenvalue weighted by Crippen LogP contribution is 2.20. The summed E-state index contributed by atoms with van der Waals surface area (Å²) in [6.45, 7) is 4.04. The third-order valence-corrected chi connectivity index (χ3v) is 4.25. The second kappa shape index (κ2) is 4.14. The van der Waals surface area contributed by atoms with Gasteiger partial charge < -0.3 is 5.32 Å². The van der Waals surface area contributed by atoms with Crippen molar-refractivity contribution in [3.8, 4) is 0 Å². The normalized spacial score (nSPS) is 22.8. The van der Waals surface area contributed by atoms with Crippen LogP contribution in [0.5, 0.6) is 0 Å². The Morgan fingerprint density at radius 3 is 2.81 bits per heavy atom. The highest BCUT2D eigenvalue weighted by atomic mass is 32.2. The van der Waals surface area contributed by atoms with Crippen molar-refractivity contribution in [2.24, 2.45) is 0 Å². The van der Waals surface area contributed by atoms with E-state index in [2.05, 4.69) is 14.7 Å². The molecule has 1 aromatic heterocycles. The topological polar surface area (TPSA) is 72.0 Å². The van der Waals surface area contributed by atoms with Crippen LogP contribution in [0.25, 0.3) is 0 Å². The molecule has 1 aliphatic heterocycles. The van der Waals surface area contributed by atoms with Gasteiger partial charge in [-0.05, 0) is 6.08 Å². The molecule has 1 aliphatic rings. The fourth-order valence-electron chi connectivity index (χ4n) is 1.35. The first-order valence-corrected chi connectivity index (χ1v) is 7.46. The first kappa shape index (κ1) is 11.5.